The van der Waals surface area contributed by atoms with E-state index in [4.69, 9.17) is 5.84 Å². The van der Waals surface area contributed by atoms with Gasteiger partial charge in [0.2, 0.25) is 0 Å². The summed E-state index contributed by atoms with van der Waals surface area (Å²) in [5, 5.41) is 2.38. The molecule has 1 amide bonds. The number of pyridine rings is 1. The van der Waals surface area contributed by atoms with Crippen molar-refractivity contribution in [3.8, 4) is 0 Å². The summed E-state index contributed by atoms with van der Waals surface area (Å²) in [5.74, 6) is 4.65. The van der Waals surface area contributed by atoms with Gasteiger partial charge < -0.3 is 10.7 Å². The molecule has 2 rings (SSSR count). The van der Waals surface area contributed by atoms with E-state index in [1.54, 1.807) is 0 Å². The topological polar surface area (TPSA) is 80.0 Å². The van der Waals surface area contributed by atoms with Gasteiger partial charge in [-0.2, -0.15) is 13.2 Å². The van der Waals surface area contributed by atoms with Gasteiger partial charge in [-0.25, -0.2) is 0 Å². The number of hydrogen-bond acceptors (Lipinski definition) is 4. The van der Waals surface area contributed by atoms with E-state index in [9.17, 15) is 18.0 Å². The van der Waals surface area contributed by atoms with Crippen molar-refractivity contribution in [2.24, 2.45) is 5.84 Å². The van der Waals surface area contributed by atoms with Gasteiger partial charge in [0, 0.05) is 11.9 Å². The van der Waals surface area contributed by atoms with Gasteiger partial charge in [0.05, 0.1) is 23.0 Å². The molecule has 8 heteroatoms. The maximum Gasteiger partial charge on any atom is 0.416 e. The van der Waals surface area contributed by atoms with Gasteiger partial charge in [0.1, 0.15) is 0 Å². The molecule has 0 aliphatic carbocycles. The summed E-state index contributed by atoms with van der Waals surface area (Å²) in [4.78, 5) is 15.8. The first kappa shape index (κ1) is 14.8. The number of amides is 1. The zero-order valence-electron chi connectivity index (χ0n) is 10.6. The van der Waals surface area contributed by atoms with Gasteiger partial charge in [-0.05, 0) is 24.3 Å². The molecule has 0 radical (unpaired) electrons. The Labute approximate surface area is 118 Å². The quantitative estimate of drug-likeness (QED) is 0.601. The fraction of sp³-hybridized carbons (Fsp3) is 0.0769. The Hall–Kier alpha value is -2.61. The van der Waals surface area contributed by atoms with E-state index in [0.717, 1.165) is 12.1 Å². The summed E-state index contributed by atoms with van der Waals surface area (Å²) in [7, 11) is 0. The number of anilines is 2. The van der Waals surface area contributed by atoms with Crippen LogP contribution in [-0.2, 0) is 6.18 Å². The van der Waals surface area contributed by atoms with Gasteiger partial charge in [-0.3, -0.25) is 15.6 Å². The van der Waals surface area contributed by atoms with E-state index in [2.05, 4.69) is 15.7 Å². The molecule has 0 atom stereocenters. The van der Waals surface area contributed by atoms with Crippen LogP contribution in [0.1, 0.15) is 15.9 Å². The average Bonchev–Trinajstić information content (AvgIpc) is 2.46. The zero-order valence-corrected chi connectivity index (χ0v) is 10.6. The molecule has 21 heavy (non-hydrogen) atoms. The van der Waals surface area contributed by atoms with Crippen LogP contribution in [0.3, 0.4) is 0 Å². The molecule has 4 N–H and O–H groups in total. The number of nitrogen functional groups attached to an aromatic ring is 1. The third kappa shape index (κ3) is 3.48. The number of alkyl halides is 3. The summed E-state index contributed by atoms with van der Waals surface area (Å²) in [6, 6.07) is 5.76. The number of benzene rings is 1. The second kappa shape index (κ2) is 5.80. The summed E-state index contributed by atoms with van der Waals surface area (Å²) in [6.07, 6.45) is -1.76. The molecule has 0 aliphatic heterocycles. The van der Waals surface area contributed by atoms with Crippen LogP contribution in [-0.4, -0.2) is 10.9 Å². The first-order valence-electron chi connectivity index (χ1n) is 5.81. The molecule has 0 spiro atoms. The Balaban J connectivity index is 2.24. The molecule has 0 unspecified atom stereocenters. The molecule has 2 aromatic rings. The lowest BCUT2D eigenvalue weighted by atomic mass is 10.1. The molecule has 1 heterocycles. The van der Waals surface area contributed by atoms with Crippen LogP contribution >= 0.6 is 0 Å². The molecule has 0 saturated carbocycles. The number of halogens is 3. The Morgan fingerprint density at radius 1 is 1.24 bits per heavy atom. The lowest BCUT2D eigenvalue weighted by Gasteiger charge is -2.11. The van der Waals surface area contributed by atoms with E-state index >= 15 is 0 Å². The molecule has 5 nitrogen and oxygen atoms in total. The number of rotatable bonds is 3. The van der Waals surface area contributed by atoms with Crippen LogP contribution in [0.4, 0.5) is 24.5 Å². The maximum atomic E-state index is 12.6. The van der Waals surface area contributed by atoms with Crippen molar-refractivity contribution in [2.75, 3.05) is 10.7 Å². The molecule has 1 aromatic heterocycles. The highest BCUT2D eigenvalue weighted by Gasteiger charge is 2.30. The van der Waals surface area contributed by atoms with Gasteiger partial charge in [-0.15, -0.1) is 0 Å². The molecular formula is C13H11F3N4O. The summed E-state index contributed by atoms with van der Waals surface area (Å²) in [6.45, 7) is 0. The SMILES string of the molecule is NNc1cnccc1C(=O)Nc1cccc(C(F)(F)F)c1. The molecule has 0 bridgehead atoms. The number of hydrogen-bond donors (Lipinski definition) is 3. The summed E-state index contributed by atoms with van der Waals surface area (Å²) in [5.41, 5.74) is 1.93. The fourth-order valence-electron chi connectivity index (χ4n) is 1.68. The highest BCUT2D eigenvalue weighted by atomic mass is 19.4. The summed E-state index contributed by atoms with van der Waals surface area (Å²) < 4.78 is 37.8. The number of carbonyl (C=O) groups is 1. The van der Waals surface area contributed by atoms with Crippen molar-refractivity contribution in [1.29, 1.82) is 0 Å². The number of nitrogens with one attached hydrogen (secondary N) is 2. The monoisotopic (exact) mass is 296 g/mol. The van der Waals surface area contributed by atoms with Crippen LogP contribution in [0.15, 0.2) is 42.7 Å². The highest BCUT2D eigenvalue weighted by molar-refractivity contribution is 6.07. The van der Waals surface area contributed by atoms with Crippen LogP contribution < -0.4 is 16.6 Å². The largest absolute Gasteiger partial charge is 0.416 e. The average molecular weight is 296 g/mol. The lowest BCUT2D eigenvalue weighted by Crippen LogP contribution is -2.17. The van der Waals surface area contributed by atoms with E-state index in [1.807, 2.05) is 0 Å². The van der Waals surface area contributed by atoms with E-state index < -0.39 is 17.6 Å². The first-order valence-corrected chi connectivity index (χ1v) is 5.81. The number of aromatic nitrogens is 1. The minimum absolute atomic E-state index is 0.0367. The second-order valence-corrected chi connectivity index (χ2v) is 4.10. The maximum absolute atomic E-state index is 12.6. The van der Waals surface area contributed by atoms with Crippen molar-refractivity contribution >= 4 is 17.3 Å². The highest BCUT2D eigenvalue weighted by Crippen LogP contribution is 2.30. The van der Waals surface area contributed by atoms with Crippen molar-refractivity contribution in [3.05, 3.63) is 53.9 Å². The molecule has 0 fully saturated rings. The van der Waals surface area contributed by atoms with Crippen LogP contribution in [0.25, 0.3) is 0 Å². The van der Waals surface area contributed by atoms with Gasteiger partial charge in [-0.1, -0.05) is 6.07 Å². The Morgan fingerprint density at radius 2 is 2.00 bits per heavy atom. The van der Waals surface area contributed by atoms with E-state index in [1.165, 1.54) is 30.6 Å². The minimum atomic E-state index is -4.47. The van der Waals surface area contributed by atoms with Gasteiger partial charge >= 0.3 is 6.18 Å². The predicted octanol–water partition coefficient (Wildman–Crippen LogP) is 2.64. The second-order valence-electron chi connectivity index (χ2n) is 4.10. The lowest BCUT2D eigenvalue weighted by molar-refractivity contribution is -0.137. The first-order chi connectivity index (χ1) is 9.91. The molecule has 0 aliphatic rings. The van der Waals surface area contributed by atoms with E-state index in [0.29, 0.717) is 0 Å². The third-order valence-electron chi connectivity index (χ3n) is 2.67. The number of nitrogens with zero attached hydrogens (tertiary/aromatic N) is 1. The van der Waals surface area contributed by atoms with Gasteiger partial charge in [0.15, 0.2) is 0 Å². The van der Waals surface area contributed by atoms with Crippen LogP contribution in [0.5, 0.6) is 0 Å². The van der Waals surface area contributed by atoms with Crippen molar-refractivity contribution in [2.45, 2.75) is 6.18 Å². The van der Waals surface area contributed by atoms with Crippen molar-refractivity contribution in [1.82, 2.24) is 4.98 Å². The Morgan fingerprint density at radius 3 is 2.67 bits per heavy atom. The molecule has 1 aromatic carbocycles. The predicted molar refractivity (Wildman–Crippen MR) is 71.4 cm³/mol. The van der Waals surface area contributed by atoms with Crippen molar-refractivity contribution in [3.63, 3.8) is 0 Å². The molecule has 0 saturated heterocycles. The van der Waals surface area contributed by atoms with Crippen LogP contribution in [0, 0.1) is 0 Å². The molecular weight excluding hydrogens is 285 g/mol. The normalized spacial score (nSPS) is 11.0. The minimum Gasteiger partial charge on any atom is -0.322 e. The van der Waals surface area contributed by atoms with Crippen LogP contribution in [0.2, 0.25) is 0 Å². The number of hydrazine groups is 1. The van der Waals surface area contributed by atoms with Gasteiger partial charge in [0.25, 0.3) is 5.91 Å². The number of nitrogens with two attached hydrogens (primary N) is 1. The fourth-order valence-corrected chi connectivity index (χ4v) is 1.68. The van der Waals surface area contributed by atoms with Crippen molar-refractivity contribution < 1.29 is 18.0 Å². The molecule has 110 valence electrons. The third-order valence-corrected chi connectivity index (χ3v) is 2.67. The Kier molecular flexibility index (Phi) is 4.08. The smallest absolute Gasteiger partial charge is 0.322 e. The summed E-state index contributed by atoms with van der Waals surface area (Å²) >= 11 is 0. The number of carbonyl (C=O) groups excluding carboxylic acids is 1. The van der Waals surface area contributed by atoms with E-state index in [-0.39, 0.29) is 16.9 Å². The standard InChI is InChI=1S/C13H11F3N4O/c14-13(15,16)8-2-1-3-9(6-8)19-12(21)10-4-5-18-7-11(10)20-17/h1-7,20H,17H2,(H,19,21). The zero-order chi connectivity index (χ0) is 15.5. The Bertz CT molecular complexity index is 658.